The third-order valence-electron chi connectivity index (χ3n) is 2.79. The lowest BCUT2D eigenvalue weighted by Gasteiger charge is -2.20. The number of hydrogen-bond donors (Lipinski definition) is 1. The van der Waals surface area contributed by atoms with E-state index in [1.54, 1.807) is 11.3 Å². The van der Waals surface area contributed by atoms with E-state index in [-0.39, 0.29) is 19.8 Å². The standard InChI is InChI=1S/C15H17NO3S/c17-8-7-16(10-14-6-9-20-12-14)15(18)19-11-13-4-2-1-3-5-13/h1-6,9,12,17H,7-8,10-11H2. The van der Waals surface area contributed by atoms with Crippen LogP contribution in [0.4, 0.5) is 4.79 Å². The largest absolute Gasteiger partial charge is 0.445 e. The van der Waals surface area contributed by atoms with E-state index >= 15 is 0 Å². The molecule has 0 saturated heterocycles. The predicted octanol–water partition coefficient (Wildman–Crippen LogP) is 2.88. The van der Waals surface area contributed by atoms with Gasteiger partial charge in [-0.05, 0) is 28.0 Å². The van der Waals surface area contributed by atoms with E-state index in [4.69, 9.17) is 9.84 Å². The maximum absolute atomic E-state index is 12.0. The summed E-state index contributed by atoms with van der Waals surface area (Å²) in [5.41, 5.74) is 1.99. The zero-order chi connectivity index (χ0) is 14.2. The lowest BCUT2D eigenvalue weighted by atomic mass is 10.2. The summed E-state index contributed by atoms with van der Waals surface area (Å²) in [6.45, 7) is 0.886. The molecule has 2 rings (SSSR count). The fourth-order valence-corrected chi connectivity index (χ4v) is 2.43. The molecular weight excluding hydrogens is 274 g/mol. The number of amides is 1. The molecule has 1 aromatic carbocycles. The smallest absolute Gasteiger partial charge is 0.410 e. The van der Waals surface area contributed by atoms with Crippen LogP contribution in [0.1, 0.15) is 11.1 Å². The van der Waals surface area contributed by atoms with Gasteiger partial charge in [0.05, 0.1) is 6.61 Å². The van der Waals surface area contributed by atoms with E-state index in [1.165, 1.54) is 4.90 Å². The van der Waals surface area contributed by atoms with E-state index in [2.05, 4.69) is 0 Å². The van der Waals surface area contributed by atoms with Gasteiger partial charge in [-0.2, -0.15) is 11.3 Å². The van der Waals surface area contributed by atoms with Crippen molar-refractivity contribution in [2.24, 2.45) is 0 Å². The van der Waals surface area contributed by atoms with Crippen LogP contribution < -0.4 is 0 Å². The van der Waals surface area contributed by atoms with Gasteiger partial charge in [0.15, 0.2) is 0 Å². The quantitative estimate of drug-likeness (QED) is 0.890. The average molecular weight is 291 g/mol. The van der Waals surface area contributed by atoms with E-state index in [1.807, 2.05) is 47.2 Å². The Balaban J connectivity index is 1.89. The van der Waals surface area contributed by atoms with Crippen LogP contribution in [0.15, 0.2) is 47.2 Å². The first-order valence-electron chi connectivity index (χ1n) is 6.37. The Hall–Kier alpha value is -1.85. The third-order valence-corrected chi connectivity index (χ3v) is 3.52. The van der Waals surface area contributed by atoms with E-state index in [0.717, 1.165) is 11.1 Å². The van der Waals surface area contributed by atoms with Crippen LogP contribution >= 0.6 is 11.3 Å². The molecule has 0 aliphatic heterocycles. The first-order chi connectivity index (χ1) is 9.79. The number of benzene rings is 1. The number of carbonyl (C=O) groups is 1. The third kappa shape index (κ3) is 4.36. The first-order valence-corrected chi connectivity index (χ1v) is 7.31. The van der Waals surface area contributed by atoms with Crippen molar-refractivity contribution < 1.29 is 14.6 Å². The summed E-state index contributed by atoms with van der Waals surface area (Å²) >= 11 is 1.58. The lowest BCUT2D eigenvalue weighted by molar-refractivity contribution is 0.0859. The van der Waals surface area contributed by atoms with Crippen molar-refractivity contribution >= 4 is 17.4 Å². The molecule has 0 radical (unpaired) electrons. The van der Waals surface area contributed by atoms with Crippen LogP contribution in [0.3, 0.4) is 0 Å². The molecule has 0 aliphatic rings. The molecule has 0 aliphatic carbocycles. The number of thiophene rings is 1. The highest BCUT2D eigenvalue weighted by Gasteiger charge is 2.15. The average Bonchev–Trinajstić information content (AvgIpc) is 2.98. The number of aliphatic hydroxyl groups is 1. The molecule has 5 heteroatoms. The van der Waals surface area contributed by atoms with Gasteiger partial charge in [-0.1, -0.05) is 30.3 Å². The molecule has 0 unspecified atom stereocenters. The Morgan fingerprint density at radius 2 is 2.00 bits per heavy atom. The summed E-state index contributed by atoms with van der Waals surface area (Å²) in [5.74, 6) is 0. The summed E-state index contributed by atoms with van der Waals surface area (Å²) in [6.07, 6.45) is -0.408. The van der Waals surface area contributed by atoms with Crippen molar-refractivity contribution in [3.8, 4) is 0 Å². The Bertz CT molecular complexity index is 513. The molecule has 1 aromatic heterocycles. The van der Waals surface area contributed by atoms with E-state index < -0.39 is 6.09 Å². The predicted molar refractivity (Wildman–Crippen MR) is 78.4 cm³/mol. The van der Waals surface area contributed by atoms with Crippen molar-refractivity contribution in [3.05, 3.63) is 58.3 Å². The minimum atomic E-state index is -0.408. The molecule has 1 amide bonds. The van der Waals surface area contributed by atoms with Gasteiger partial charge in [-0.25, -0.2) is 4.79 Å². The van der Waals surface area contributed by atoms with Gasteiger partial charge in [0.1, 0.15) is 6.61 Å². The second kappa shape index (κ2) is 7.67. The fourth-order valence-electron chi connectivity index (χ4n) is 1.77. The maximum Gasteiger partial charge on any atom is 0.410 e. The lowest BCUT2D eigenvalue weighted by Crippen LogP contribution is -2.33. The normalized spacial score (nSPS) is 10.2. The van der Waals surface area contributed by atoms with Crippen LogP contribution in [-0.4, -0.2) is 29.3 Å². The Labute approximate surface area is 122 Å². The second-order valence-corrected chi connectivity index (χ2v) is 5.10. The number of rotatable bonds is 6. The summed E-state index contributed by atoms with van der Waals surface area (Å²) in [6, 6.07) is 11.5. The van der Waals surface area contributed by atoms with Crippen LogP contribution in [0.5, 0.6) is 0 Å². The molecule has 2 aromatic rings. The first kappa shape index (κ1) is 14.6. The zero-order valence-electron chi connectivity index (χ0n) is 11.1. The van der Waals surface area contributed by atoms with Crippen LogP contribution in [0.25, 0.3) is 0 Å². The molecule has 1 N–H and O–H groups in total. The van der Waals surface area contributed by atoms with Crippen LogP contribution in [0.2, 0.25) is 0 Å². The number of nitrogens with zero attached hydrogens (tertiary/aromatic N) is 1. The Morgan fingerprint density at radius 1 is 1.20 bits per heavy atom. The minimum Gasteiger partial charge on any atom is -0.445 e. The number of ether oxygens (including phenoxy) is 1. The van der Waals surface area contributed by atoms with Gasteiger partial charge in [0.2, 0.25) is 0 Å². The molecule has 106 valence electrons. The van der Waals surface area contributed by atoms with Gasteiger partial charge >= 0.3 is 6.09 Å². The number of aliphatic hydroxyl groups excluding tert-OH is 1. The highest BCUT2D eigenvalue weighted by Crippen LogP contribution is 2.11. The van der Waals surface area contributed by atoms with Gasteiger partial charge in [0.25, 0.3) is 0 Å². The molecule has 0 saturated carbocycles. The molecule has 4 nitrogen and oxygen atoms in total. The van der Waals surface area contributed by atoms with E-state index in [9.17, 15) is 4.79 Å². The summed E-state index contributed by atoms with van der Waals surface area (Å²) in [4.78, 5) is 13.5. The monoisotopic (exact) mass is 291 g/mol. The van der Waals surface area contributed by atoms with Crippen LogP contribution in [-0.2, 0) is 17.9 Å². The SMILES string of the molecule is O=C(OCc1ccccc1)N(CCO)Cc1ccsc1. The molecule has 0 spiro atoms. The Morgan fingerprint density at radius 3 is 2.65 bits per heavy atom. The molecule has 0 fully saturated rings. The number of hydrogen-bond acceptors (Lipinski definition) is 4. The van der Waals surface area contributed by atoms with Gasteiger partial charge in [0, 0.05) is 13.1 Å². The van der Waals surface area contributed by atoms with Crippen LogP contribution in [0, 0.1) is 0 Å². The molecule has 0 atom stereocenters. The highest BCUT2D eigenvalue weighted by atomic mass is 32.1. The van der Waals surface area contributed by atoms with Crippen molar-refractivity contribution in [3.63, 3.8) is 0 Å². The van der Waals surface area contributed by atoms with Crippen molar-refractivity contribution in [2.45, 2.75) is 13.2 Å². The fraction of sp³-hybridized carbons (Fsp3) is 0.267. The second-order valence-electron chi connectivity index (χ2n) is 4.32. The zero-order valence-corrected chi connectivity index (χ0v) is 11.9. The van der Waals surface area contributed by atoms with Crippen molar-refractivity contribution in [2.75, 3.05) is 13.2 Å². The topological polar surface area (TPSA) is 49.8 Å². The maximum atomic E-state index is 12.0. The summed E-state index contributed by atoms with van der Waals surface area (Å²) in [5, 5.41) is 13.0. The van der Waals surface area contributed by atoms with E-state index in [0.29, 0.717) is 6.54 Å². The number of carbonyl (C=O) groups excluding carboxylic acids is 1. The minimum absolute atomic E-state index is 0.0788. The van der Waals surface area contributed by atoms with Crippen molar-refractivity contribution in [1.29, 1.82) is 0 Å². The summed E-state index contributed by atoms with van der Waals surface area (Å²) in [7, 11) is 0. The Kier molecular flexibility index (Phi) is 5.58. The molecule has 1 heterocycles. The molecule has 20 heavy (non-hydrogen) atoms. The van der Waals surface area contributed by atoms with Crippen molar-refractivity contribution in [1.82, 2.24) is 4.90 Å². The van der Waals surface area contributed by atoms with Gasteiger partial charge < -0.3 is 14.7 Å². The van der Waals surface area contributed by atoms with Gasteiger partial charge in [-0.15, -0.1) is 0 Å². The summed E-state index contributed by atoms with van der Waals surface area (Å²) < 4.78 is 5.27. The molecule has 0 bridgehead atoms. The highest BCUT2D eigenvalue weighted by molar-refractivity contribution is 7.07. The van der Waals surface area contributed by atoms with Gasteiger partial charge in [-0.3, -0.25) is 0 Å². The molecular formula is C15H17NO3S.